The Morgan fingerprint density at radius 1 is 1.35 bits per heavy atom. The molecule has 0 spiro atoms. The summed E-state index contributed by atoms with van der Waals surface area (Å²) in [5, 5.41) is 0. The highest BCUT2D eigenvalue weighted by molar-refractivity contribution is 6.35. The summed E-state index contributed by atoms with van der Waals surface area (Å²) in [6.07, 6.45) is 2.76. The van der Waals surface area contributed by atoms with Crippen molar-refractivity contribution in [3.05, 3.63) is 36.4 Å². The predicted octanol–water partition coefficient (Wildman–Crippen LogP) is 1.84. The van der Waals surface area contributed by atoms with Crippen molar-refractivity contribution in [1.82, 2.24) is 9.97 Å². The van der Waals surface area contributed by atoms with Crippen LogP contribution >= 0.6 is 0 Å². The molecule has 0 fully saturated rings. The van der Waals surface area contributed by atoms with Crippen molar-refractivity contribution in [2.75, 3.05) is 13.7 Å². The number of nitrogens with two attached hydrogens (primary N) is 1. The number of halogens is 1. The van der Waals surface area contributed by atoms with Crippen molar-refractivity contribution in [1.29, 1.82) is 0 Å². The first-order valence-electron chi connectivity index (χ1n) is 6.72. The predicted molar refractivity (Wildman–Crippen MR) is 81.9 cm³/mol. The van der Waals surface area contributed by atoms with Crippen LogP contribution in [-0.2, 0) is 9.53 Å². The fourth-order valence-electron chi connectivity index (χ4n) is 1.77. The van der Waals surface area contributed by atoms with E-state index in [1.165, 1.54) is 37.7 Å². The molecule has 0 bridgehead atoms. The lowest BCUT2D eigenvalue weighted by Crippen LogP contribution is -2.25. The minimum atomic E-state index is -0.724. The molecule has 1 aromatic carbocycles. The molecule has 0 saturated heterocycles. The number of carbonyl (C=O) groups is 1. The third-order valence-corrected chi connectivity index (χ3v) is 2.80. The van der Waals surface area contributed by atoms with Crippen LogP contribution in [0.4, 0.5) is 10.2 Å². The van der Waals surface area contributed by atoms with Gasteiger partial charge in [0.25, 0.3) is 0 Å². The molecule has 2 rings (SSSR count). The fourth-order valence-corrected chi connectivity index (χ4v) is 1.77. The summed E-state index contributed by atoms with van der Waals surface area (Å²) in [4.78, 5) is 23.4. The van der Waals surface area contributed by atoms with Gasteiger partial charge in [0.15, 0.2) is 5.82 Å². The molecule has 120 valence electrons. The Balaban J connectivity index is 2.26. The number of esters is 1. The van der Waals surface area contributed by atoms with Crippen LogP contribution in [0.3, 0.4) is 0 Å². The van der Waals surface area contributed by atoms with Crippen molar-refractivity contribution >= 4 is 17.6 Å². The Bertz CT molecular complexity index is 732. The summed E-state index contributed by atoms with van der Waals surface area (Å²) in [7, 11) is 1.43. The molecule has 1 heterocycles. The van der Waals surface area contributed by atoms with E-state index in [1.807, 2.05) is 0 Å². The molecule has 0 radical (unpaired) electrons. The minimum Gasteiger partial charge on any atom is -0.496 e. The Morgan fingerprint density at radius 2 is 2.13 bits per heavy atom. The van der Waals surface area contributed by atoms with Gasteiger partial charge in [-0.1, -0.05) is 0 Å². The van der Waals surface area contributed by atoms with Crippen molar-refractivity contribution in [3.63, 3.8) is 0 Å². The number of benzene rings is 1. The molecule has 0 saturated carbocycles. The van der Waals surface area contributed by atoms with E-state index in [0.29, 0.717) is 17.0 Å². The topological polar surface area (TPSA) is 99.7 Å². The first-order valence-corrected chi connectivity index (χ1v) is 6.72. The van der Waals surface area contributed by atoms with Gasteiger partial charge in [-0.3, -0.25) is 4.98 Å². The van der Waals surface area contributed by atoms with E-state index in [0.717, 1.165) is 0 Å². The average Bonchev–Trinajstić information content (AvgIpc) is 2.55. The van der Waals surface area contributed by atoms with E-state index in [2.05, 4.69) is 15.0 Å². The molecule has 23 heavy (non-hydrogen) atoms. The third-order valence-electron chi connectivity index (χ3n) is 2.80. The van der Waals surface area contributed by atoms with Gasteiger partial charge < -0.3 is 15.2 Å². The standard InChI is InChI=1S/C15H15FN4O3/c1-3-23-15(21)14(17)20-13-8-18-11(7-19-13)10-5-4-9(16)6-12(10)22-2/h4-8H,3H2,1-2H3,(H2,17,19,20). The van der Waals surface area contributed by atoms with Crippen molar-refractivity contribution in [3.8, 4) is 17.0 Å². The Hall–Kier alpha value is -3.03. The number of rotatable bonds is 4. The van der Waals surface area contributed by atoms with Crippen molar-refractivity contribution in [2.24, 2.45) is 10.7 Å². The van der Waals surface area contributed by atoms with Crippen LogP contribution in [0.5, 0.6) is 5.75 Å². The summed E-state index contributed by atoms with van der Waals surface area (Å²) in [5.74, 6) is -0.962. The lowest BCUT2D eigenvalue weighted by atomic mass is 10.1. The average molecular weight is 318 g/mol. The second-order valence-corrected chi connectivity index (χ2v) is 4.32. The highest BCUT2D eigenvalue weighted by atomic mass is 19.1. The zero-order valence-corrected chi connectivity index (χ0v) is 12.6. The number of aliphatic imine (C=N–C) groups is 1. The summed E-state index contributed by atoms with van der Waals surface area (Å²) in [6, 6.07) is 4.08. The number of ether oxygens (including phenoxy) is 2. The van der Waals surface area contributed by atoms with Crippen LogP contribution in [-0.4, -0.2) is 35.5 Å². The van der Waals surface area contributed by atoms with Gasteiger partial charge in [0.2, 0.25) is 5.84 Å². The number of aromatic nitrogens is 2. The van der Waals surface area contributed by atoms with E-state index in [-0.39, 0.29) is 18.3 Å². The van der Waals surface area contributed by atoms with Gasteiger partial charge in [0.05, 0.1) is 31.8 Å². The van der Waals surface area contributed by atoms with E-state index < -0.39 is 11.8 Å². The van der Waals surface area contributed by atoms with Crippen LogP contribution in [0, 0.1) is 5.82 Å². The number of amidine groups is 1. The molecule has 0 aliphatic carbocycles. The van der Waals surface area contributed by atoms with Gasteiger partial charge in [-0.15, -0.1) is 0 Å². The molecular formula is C15H15FN4O3. The molecule has 1 aromatic heterocycles. The van der Waals surface area contributed by atoms with E-state index in [9.17, 15) is 9.18 Å². The number of methoxy groups -OCH3 is 1. The fraction of sp³-hybridized carbons (Fsp3) is 0.200. The second-order valence-electron chi connectivity index (χ2n) is 4.32. The summed E-state index contributed by atoms with van der Waals surface area (Å²) in [5.41, 5.74) is 6.54. The van der Waals surface area contributed by atoms with Gasteiger partial charge in [0, 0.05) is 11.6 Å². The van der Waals surface area contributed by atoms with Crippen LogP contribution in [0.1, 0.15) is 6.92 Å². The molecule has 2 aromatic rings. The Labute approximate surface area is 132 Å². The highest BCUT2D eigenvalue weighted by Gasteiger charge is 2.11. The summed E-state index contributed by atoms with van der Waals surface area (Å²) < 4.78 is 23.0. The quantitative estimate of drug-likeness (QED) is 0.524. The maximum atomic E-state index is 13.2. The van der Waals surface area contributed by atoms with Crippen LogP contribution in [0.2, 0.25) is 0 Å². The molecule has 0 aliphatic rings. The zero-order valence-electron chi connectivity index (χ0n) is 12.6. The first kappa shape index (κ1) is 16.3. The Morgan fingerprint density at radius 3 is 2.74 bits per heavy atom. The highest BCUT2D eigenvalue weighted by Crippen LogP contribution is 2.29. The van der Waals surface area contributed by atoms with Gasteiger partial charge in [-0.2, -0.15) is 0 Å². The van der Waals surface area contributed by atoms with E-state index >= 15 is 0 Å². The maximum absolute atomic E-state index is 13.2. The summed E-state index contributed by atoms with van der Waals surface area (Å²) >= 11 is 0. The first-order chi connectivity index (χ1) is 11.0. The van der Waals surface area contributed by atoms with Gasteiger partial charge in [0.1, 0.15) is 11.6 Å². The van der Waals surface area contributed by atoms with Gasteiger partial charge in [-0.05, 0) is 19.1 Å². The molecule has 0 atom stereocenters. The molecule has 0 aliphatic heterocycles. The van der Waals surface area contributed by atoms with Crippen LogP contribution in [0.25, 0.3) is 11.3 Å². The van der Waals surface area contributed by atoms with E-state index in [1.54, 1.807) is 6.92 Å². The molecule has 7 nitrogen and oxygen atoms in total. The zero-order chi connectivity index (χ0) is 16.8. The monoisotopic (exact) mass is 318 g/mol. The van der Waals surface area contributed by atoms with Gasteiger partial charge in [-0.25, -0.2) is 19.2 Å². The number of nitrogens with zero attached hydrogens (tertiary/aromatic N) is 3. The lowest BCUT2D eigenvalue weighted by Gasteiger charge is -2.07. The lowest BCUT2D eigenvalue weighted by molar-refractivity contribution is -0.135. The normalized spacial score (nSPS) is 11.2. The van der Waals surface area contributed by atoms with Gasteiger partial charge >= 0.3 is 5.97 Å². The van der Waals surface area contributed by atoms with Crippen molar-refractivity contribution < 1.29 is 18.7 Å². The minimum absolute atomic E-state index is 0.153. The molecule has 0 amide bonds. The largest absolute Gasteiger partial charge is 0.496 e. The molecule has 8 heteroatoms. The second kappa shape index (κ2) is 7.30. The van der Waals surface area contributed by atoms with Crippen LogP contribution < -0.4 is 10.5 Å². The number of hydrogen-bond donors (Lipinski definition) is 1. The molecular weight excluding hydrogens is 303 g/mol. The Kier molecular flexibility index (Phi) is 5.19. The molecule has 0 unspecified atom stereocenters. The molecule has 2 N–H and O–H groups in total. The maximum Gasteiger partial charge on any atom is 0.373 e. The van der Waals surface area contributed by atoms with Crippen molar-refractivity contribution in [2.45, 2.75) is 6.92 Å². The van der Waals surface area contributed by atoms with E-state index in [4.69, 9.17) is 15.2 Å². The van der Waals surface area contributed by atoms with Crippen LogP contribution in [0.15, 0.2) is 35.6 Å². The number of hydrogen-bond acceptors (Lipinski definition) is 6. The smallest absolute Gasteiger partial charge is 0.373 e. The summed E-state index contributed by atoms with van der Waals surface area (Å²) in [6.45, 7) is 1.86. The number of carbonyl (C=O) groups excluding carboxylic acids is 1. The SMILES string of the molecule is CCOC(=O)C(N)=Nc1cnc(-c2ccc(F)cc2OC)cn1. The third kappa shape index (κ3) is 4.00.